The average Bonchev–Trinajstić information content (AvgIpc) is 3.16. The van der Waals surface area contributed by atoms with Gasteiger partial charge in [0.25, 0.3) is 0 Å². The lowest BCUT2D eigenvalue weighted by molar-refractivity contribution is 0.171. The van der Waals surface area contributed by atoms with E-state index in [4.69, 9.17) is 14.2 Å². The van der Waals surface area contributed by atoms with Crippen LogP contribution in [0.3, 0.4) is 0 Å². The summed E-state index contributed by atoms with van der Waals surface area (Å²) in [6.45, 7) is 7.33. The fraction of sp³-hybridized carbons (Fsp3) is 0.455. The number of fused-ring (bicyclic) bond motifs is 1. The summed E-state index contributed by atoms with van der Waals surface area (Å²) in [5.41, 5.74) is 2.64. The monoisotopic (exact) mass is 353 g/mol. The van der Waals surface area contributed by atoms with Crippen molar-refractivity contribution in [2.45, 2.75) is 32.2 Å². The first-order valence-electron chi connectivity index (χ1n) is 9.55. The van der Waals surface area contributed by atoms with Crippen molar-refractivity contribution in [2.75, 3.05) is 26.4 Å². The largest absolute Gasteiger partial charge is 0.493 e. The third-order valence-corrected chi connectivity index (χ3v) is 5.03. The number of hydrogen-bond acceptors (Lipinski definition) is 4. The van der Waals surface area contributed by atoms with E-state index in [0.717, 1.165) is 36.8 Å². The van der Waals surface area contributed by atoms with Crippen LogP contribution in [0.2, 0.25) is 0 Å². The van der Waals surface area contributed by atoms with Gasteiger partial charge in [-0.2, -0.15) is 0 Å². The summed E-state index contributed by atoms with van der Waals surface area (Å²) in [6.07, 6.45) is 1.09. The van der Waals surface area contributed by atoms with E-state index in [1.54, 1.807) is 0 Å². The predicted octanol–water partition coefficient (Wildman–Crippen LogP) is 4.31. The molecule has 4 heteroatoms. The van der Waals surface area contributed by atoms with Crippen LogP contribution in [0.5, 0.6) is 17.2 Å². The molecule has 1 N–H and O–H groups in total. The van der Waals surface area contributed by atoms with Crippen LogP contribution < -0.4 is 19.5 Å². The van der Waals surface area contributed by atoms with Crippen molar-refractivity contribution < 1.29 is 14.2 Å². The van der Waals surface area contributed by atoms with E-state index in [9.17, 15) is 0 Å². The Kier molecular flexibility index (Phi) is 5.02. The van der Waals surface area contributed by atoms with Crippen molar-refractivity contribution >= 4 is 0 Å². The molecular weight excluding hydrogens is 326 g/mol. The molecule has 2 atom stereocenters. The number of hydrogen-bond donors (Lipinski definition) is 1. The van der Waals surface area contributed by atoms with Crippen LogP contribution in [0.1, 0.15) is 43.4 Å². The normalized spacial score (nSPS) is 21.8. The molecule has 0 saturated carbocycles. The number of benzene rings is 2. The Morgan fingerprint density at radius 2 is 1.73 bits per heavy atom. The van der Waals surface area contributed by atoms with Crippen LogP contribution in [0, 0.1) is 5.92 Å². The Hall–Kier alpha value is -2.20. The van der Waals surface area contributed by atoms with Crippen molar-refractivity contribution in [1.82, 2.24) is 5.32 Å². The van der Waals surface area contributed by atoms with Gasteiger partial charge in [0.1, 0.15) is 19.0 Å². The Bertz CT molecular complexity index is 742. The van der Waals surface area contributed by atoms with Gasteiger partial charge in [-0.3, -0.25) is 0 Å². The molecule has 4 nitrogen and oxygen atoms in total. The molecule has 0 aliphatic carbocycles. The minimum Gasteiger partial charge on any atom is -0.493 e. The van der Waals surface area contributed by atoms with E-state index in [1.165, 1.54) is 11.1 Å². The fourth-order valence-corrected chi connectivity index (χ4v) is 3.62. The van der Waals surface area contributed by atoms with E-state index >= 15 is 0 Å². The summed E-state index contributed by atoms with van der Waals surface area (Å²) in [6, 6.07) is 15.3. The van der Waals surface area contributed by atoms with Gasteiger partial charge >= 0.3 is 0 Å². The lowest BCUT2D eigenvalue weighted by Gasteiger charge is -2.20. The minimum absolute atomic E-state index is 0.382. The Labute approximate surface area is 155 Å². The third kappa shape index (κ3) is 3.80. The zero-order valence-electron chi connectivity index (χ0n) is 15.5. The lowest BCUT2D eigenvalue weighted by atomic mass is 9.93. The Morgan fingerprint density at radius 3 is 2.50 bits per heavy atom. The number of nitrogens with one attached hydrogen (secondary N) is 1. The molecule has 0 aromatic heterocycles. The minimum atomic E-state index is 0.382. The Morgan fingerprint density at radius 1 is 1.00 bits per heavy atom. The van der Waals surface area contributed by atoms with Crippen LogP contribution in [-0.4, -0.2) is 26.4 Å². The molecule has 26 heavy (non-hydrogen) atoms. The van der Waals surface area contributed by atoms with E-state index in [1.807, 2.05) is 6.07 Å². The summed E-state index contributed by atoms with van der Waals surface area (Å²) >= 11 is 0. The molecule has 2 aliphatic heterocycles. The highest BCUT2D eigenvalue weighted by Crippen LogP contribution is 2.38. The van der Waals surface area contributed by atoms with Crippen molar-refractivity contribution in [2.24, 2.45) is 5.92 Å². The van der Waals surface area contributed by atoms with E-state index in [2.05, 4.69) is 55.6 Å². The van der Waals surface area contributed by atoms with Crippen LogP contribution >= 0.6 is 0 Å². The molecule has 0 amide bonds. The molecule has 0 radical (unpaired) electrons. The molecule has 1 saturated heterocycles. The quantitative estimate of drug-likeness (QED) is 0.869. The summed E-state index contributed by atoms with van der Waals surface area (Å²) < 4.78 is 17.1. The predicted molar refractivity (Wildman–Crippen MR) is 102 cm³/mol. The summed E-state index contributed by atoms with van der Waals surface area (Å²) in [5, 5.41) is 3.66. The standard InChI is InChI=1S/C22H27NO3/c1-15(2)14-26-19-6-3-16(4-7-19)20-11-18(13-23-20)17-5-8-21-22(12-17)25-10-9-24-21/h3-8,12,15,18,20,23H,9-11,13-14H2,1-2H3. The van der Waals surface area contributed by atoms with Gasteiger partial charge in [0.15, 0.2) is 11.5 Å². The molecule has 2 heterocycles. The highest BCUT2D eigenvalue weighted by molar-refractivity contribution is 5.45. The van der Waals surface area contributed by atoms with E-state index in [-0.39, 0.29) is 0 Å². The SMILES string of the molecule is CC(C)COc1ccc(C2CC(c3ccc4c(c3)OCCO4)CN2)cc1. The highest BCUT2D eigenvalue weighted by Gasteiger charge is 2.27. The summed E-state index contributed by atoms with van der Waals surface area (Å²) in [7, 11) is 0. The second-order valence-electron chi connectivity index (χ2n) is 7.57. The lowest BCUT2D eigenvalue weighted by Crippen LogP contribution is -2.16. The maximum atomic E-state index is 5.78. The molecule has 4 rings (SSSR count). The smallest absolute Gasteiger partial charge is 0.161 e. The first kappa shape index (κ1) is 17.2. The zero-order chi connectivity index (χ0) is 17.9. The van der Waals surface area contributed by atoms with Crippen LogP contribution in [0.4, 0.5) is 0 Å². The van der Waals surface area contributed by atoms with Gasteiger partial charge < -0.3 is 19.5 Å². The molecule has 0 spiro atoms. The van der Waals surface area contributed by atoms with Crippen LogP contribution in [-0.2, 0) is 0 Å². The molecular formula is C22H27NO3. The molecule has 2 aromatic rings. The number of rotatable bonds is 5. The maximum Gasteiger partial charge on any atom is 0.161 e. The van der Waals surface area contributed by atoms with Gasteiger partial charge in [0.05, 0.1) is 6.61 Å². The molecule has 2 aliphatic rings. The van der Waals surface area contributed by atoms with Gasteiger partial charge in [0, 0.05) is 12.6 Å². The van der Waals surface area contributed by atoms with Gasteiger partial charge in [-0.15, -0.1) is 0 Å². The van der Waals surface area contributed by atoms with Gasteiger partial charge in [0.2, 0.25) is 0 Å². The maximum absolute atomic E-state index is 5.78. The second kappa shape index (κ2) is 7.58. The van der Waals surface area contributed by atoms with E-state index in [0.29, 0.717) is 31.1 Å². The van der Waals surface area contributed by atoms with E-state index < -0.39 is 0 Å². The molecule has 0 bridgehead atoms. The van der Waals surface area contributed by atoms with Crippen molar-refractivity contribution in [3.05, 3.63) is 53.6 Å². The van der Waals surface area contributed by atoms with Gasteiger partial charge in [-0.1, -0.05) is 32.0 Å². The zero-order valence-corrected chi connectivity index (χ0v) is 15.5. The van der Waals surface area contributed by atoms with Crippen molar-refractivity contribution in [3.63, 3.8) is 0 Å². The first-order valence-corrected chi connectivity index (χ1v) is 9.55. The third-order valence-electron chi connectivity index (χ3n) is 5.03. The molecule has 2 aromatic carbocycles. The van der Waals surface area contributed by atoms with Gasteiger partial charge in [-0.05, 0) is 53.6 Å². The summed E-state index contributed by atoms with van der Waals surface area (Å²) in [5.74, 6) is 3.72. The van der Waals surface area contributed by atoms with Crippen LogP contribution in [0.25, 0.3) is 0 Å². The molecule has 2 unspecified atom stereocenters. The van der Waals surface area contributed by atoms with Crippen molar-refractivity contribution in [1.29, 1.82) is 0 Å². The summed E-state index contributed by atoms with van der Waals surface area (Å²) in [4.78, 5) is 0. The second-order valence-corrected chi connectivity index (χ2v) is 7.57. The Balaban J connectivity index is 1.40. The molecule has 1 fully saturated rings. The van der Waals surface area contributed by atoms with Crippen LogP contribution in [0.15, 0.2) is 42.5 Å². The van der Waals surface area contributed by atoms with Gasteiger partial charge in [-0.25, -0.2) is 0 Å². The number of ether oxygens (including phenoxy) is 3. The highest BCUT2D eigenvalue weighted by atomic mass is 16.6. The fourth-order valence-electron chi connectivity index (χ4n) is 3.62. The van der Waals surface area contributed by atoms with Crippen molar-refractivity contribution in [3.8, 4) is 17.2 Å². The first-order chi connectivity index (χ1) is 12.7. The average molecular weight is 353 g/mol. The molecule has 138 valence electrons. The topological polar surface area (TPSA) is 39.7 Å².